The molecule has 0 spiro atoms. The number of halogens is 1. The van der Waals surface area contributed by atoms with Gasteiger partial charge in [0.1, 0.15) is 24.6 Å². The van der Waals surface area contributed by atoms with Gasteiger partial charge in [0.05, 0.1) is 35.8 Å². The highest BCUT2D eigenvalue weighted by atomic mass is 35.5. The van der Waals surface area contributed by atoms with Gasteiger partial charge in [-0.1, -0.05) is 30.7 Å². The topological polar surface area (TPSA) is 124 Å². The molecule has 4 rings (SSSR count). The fourth-order valence-corrected chi connectivity index (χ4v) is 5.17. The number of hydrogen-bond donors (Lipinski definition) is 2. The largest absolute Gasteiger partial charge is 0.495 e. The fourth-order valence-electron chi connectivity index (χ4n) is 4.93. The molecule has 1 aliphatic rings. The van der Waals surface area contributed by atoms with Crippen LogP contribution in [0.3, 0.4) is 0 Å². The van der Waals surface area contributed by atoms with E-state index in [1.807, 2.05) is 0 Å². The van der Waals surface area contributed by atoms with Crippen LogP contribution in [0.4, 0.5) is 5.69 Å². The second-order valence-corrected chi connectivity index (χ2v) is 9.65. The molecule has 1 aromatic heterocycles. The van der Waals surface area contributed by atoms with Gasteiger partial charge in [0, 0.05) is 18.7 Å². The van der Waals surface area contributed by atoms with Crippen molar-refractivity contribution in [1.29, 1.82) is 0 Å². The molecule has 0 aliphatic carbocycles. The maximum atomic E-state index is 13.4. The molecule has 2 aromatic carbocycles. The van der Waals surface area contributed by atoms with Crippen LogP contribution in [-0.2, 0) is 22.7 Å². The lowest BCUT2D eigenvalue weighted by Crippen LogP contribution is -2.46. The fraction of sp³-hybridized carbons (Fsp3) is 0.407. The van der Waals surface area contributed by atoms with Crippen molar-refractivity contribution in [2.24, 2.45) is 0 Å². The van der Waals surface area contributed by atoms with E-state index in [0.29, 0.717) is 18.0 Å². The summed E-state index contributed by atoms with van der Waals surface area (Å²) in [5.74, 6) is -0.319. The number of hydrogen-bond acceptors (Lipinski definition) is 7. The van der Waals surface area contributed by atoms with Gasteiger partial charge in [-0.2, -0.15) is 0 Å². The highest BCUT2D eigenvalue weighted by Gasteiger charge is 2.24. The lowest BCUT2D eigenvalue weighted by Gasteiger charge is -2.23. The van der Waals surface area contributed by atoms with Crippen LogP contribution in [0.15, 0.2) is 46.0 Å². The number of carbonyl (C=O) groups excluding carboxylic acids is 2. The van der Waals surface area contributed by atoms with Crippen LogP contribution >= 0.6 is 11.6 Å². The van der Waals surface area contributed by atoms with E-state index < -0.39 is 36.2 Å². The van der Waals surface area contributed by atoms with Crippen molar-refractivity contribution in [2.45, 2.75) is 38.9 Å². The molecule has 1 saturated heterocycles. The summed E-state index contributed by atoms with van der Waals surface area (Å²) in [7, 11) is 2.89. The predicted octanol–water partition coefficient (Wildman–Crippen LogP) is 2.07. The predicted molar refractivity (Wildman–Crippen MR) is 149 cm³/mol. The first kappa shape index (κ1) is 28.2. The lowest BCUT2D eigenvalue weighted by molar-refractivity contribution is -0.122. The molecule has 11 nitrogen and oxygen atoms in total. The van der Waals surface area contributed by atoms with Crippen molar-refractivity contribution in [1.82, 2.24) is 19.4 Å². The summed E-state index contributed by atoms with van der Waals surface area (Å²) in [5, 5.41) is 6.03. The van der Waals surface area contributed by atoms with Gasteiger partial charge in [0.15, 0.2) is 0 Å². The van der Waals surface area contributed by atoms with Gasteiger partial charge < -0.3 is 20.1 Å². The molecule has 3 aromatic rings. The molecule has 2 amide bonds. The molecule has 39 heavy (non-hydrogen) atoms. The van der Waals surface area contributed by atoms with E-state index in [-0.39, 0.29) is 27.7 Å². The number of para-hydroxylation sites is 1. The normalized spacial score (nSPS) is 15.3. The number of nitrogens with one attached hydrogen (secondary N) is 2. The minimum Gasteiger partial charge on any atom is -0.495 e. The molecule has 2 N–H and O–H groups in total. The van der Waals surface area contributed by atoms with Gasteiger partial charge >= 0.3 is 5.69 Å². The van der Waals surface area contributed by atoms with E-state index >= 15 is 0 Å². The molecule has 2 heterocycles. The highest BCUT2D eigenvalue weighted by Crippen LogP contribution is 2.35. The summed E-state index contributed by atoms with van der Waals surface area (Å²) in [5.41, 5.74) is -0.795. The smallest absolute Gasteiger partial charge is 0.332 e. The zero-order valence-electron chi connectivity index (χ0n) is 22.2. The van der Waals surface area contributed by atoms with E-state index in [4.69, 9.17) is 21.1 Å². The number of ether oxygens (including phenoxy) is 2. The quantitative estimate of drug-likeness (QED) is 0.391. The summed E-state index contributed by atoms with van der Waals surface area (Å²) in [6.45, 7) is 3.53. The van der Waals surface area contributed by atoms with Gasteiger partial charge in [-0.05, 0) is 44.1 Å². The second-order valence-electron chi connectivity index (χ2n) is 9.24. The van der Waals surface area contributed by atoms with Crippen molar-refractivity contribution in [3.63, 3.8) is 0 Å². The minimum absolute atomic E-state index is 0.218. The minimum atomic E-state index is -0.764. The number of methoxy groups -OCH3 is 2. The summed E-state index contributed by atoms with van der Waals surface area (Å²) in [6, 6.07) is 9.71. The average molecular weight is 558 g/mol. The number of likely N-dealkylation sites (tertiary alicyclic amines) is 1. The number of anilines is 1. The molecular weight excluding hydrogens is 526 g/mol. The maximum Gasteiger partial charge on any atom is 0.332 e. The first-order valence-corrected chi connectivity index (χ1v) is 13.1. The summed E-state index contributed by atoms with van der Waals surface area (Å²) in [6.07, 6.45) is 2.05. The number of rotatable bonds is 10. The molecule has 12 heteroatoms. The summed E-state index contributed by atoms with van der Waals surface area (Å²) < 4.78 is 12.5. The number of likely N-dealkylation sites (N-methyl/N-ethyl adjacent to an activating group) is 1. The van der Waals surface area contributed by atoms with Crippen LogP contribution in [0.2, 0.25) is 5.02 Å². The highest BCUT2D eigenvalue weighted by molar-refractivity contribution is 6.32. The number of benzene rings is 2. The van der Waals surface area contributed by atoms with Crippen molar-refractivity contribution >= 4 is 40.0 Å². The van der Waals surface area contributed by atoms with Gasteiger partial charge in [0.25, 0.3) is 5.56 Å². The van der Waals surface area contributed by atoms with Crippen molar-refractivity contribution in [2.75, 3.05) is 39.2 Å². The maximum absolute atomic E-state index is 13.4. The van der Waals surface area contributed by atoms with Crippen LogP contribution in [0.25, 0.3) is 10.9 Å². The van der Waals surface area contributed by atoms with Crippen molar-refractivity contribution in [3.05, 3.63) is 62.3 Å². The molecule has 208 valence electrons. The molecule has 0 radical (unpaired) electrons. The van der Waals surface area contributed by atoms with E-state index in [9.17, 15) is 19.2 Å². The van der Waals surface area contributed by atoms with Crippen molar-refractivity contribution in [3.8, 4) is 11.5 Å². The van der Waals surface area contributed by atoms with Crippen LogP contribution in [0.1, 0.15) is 19.8 Å². The standard InChI is InChI=1S/C27H32ClN5O6/c1-4-31-11-7-8-17(31)14-29-24(34)15-33-26(36)18-9-5-6-10-21(18)32(27(33)37)16-25(35)30-20-12-19(28)22(38-2)13-23(20)39-3/h5-6,9-10,12-13,17H,4,7-8,11,14-16H2,1-3H3,(H,29,34)(H,30,35)/t17-/m1/s1. The molecule has 1 fully saturated rings. The van der Waals surface area contributed by atoms with Gasteiger partial charge in [-0.3, -0.25) is 28.4 Å². The summed E-state index contributed by atoms with van der Waals surface area (Å²) >= 11 is 6.21. The second kappa shape index (κ2) is 12.4. The zero-order chi connectivity index (χ0) is 28.1. The third-order valence-corrected chi connectivity index (χ3v) is 7.22. The van der Waals surface area contributed by atoms with Gasteiger partial charge in [-0.25, -0.2) is 4.79 Å². The molecule has 0 saturated carbocycles. The van der Waals surface area contributed by atoms with E-state index in [2.05, 4.69) is 22.5 Å². The lowest BCUT2D eigenvalue weighted by atomic mass is 10.2. The Hall–Kier alpha value is -3.83. The molecule has 0 unspecified atom stereocenters. The number of fused-ring (bicyclic) bond motifs is 1. The van der Waals surface area contributed by atoms with Gasteiger partial charge in [0.2, 0.25) is 11.8 Å². The number of nitrogens with zero attached hydrogens (tertiary/aromatic N) is 3. The van der Waals surface area contributed by atoms with Crippen LogP contribution < -0.4 is 31.4 Å². The molecular formula is C27H32ClN5O6. The number of aromatic nitrogens is 2. The Kier molecular flexibility index (Phi) is 8.93. The Balaban J connectivity index is 1.59. The first-order chi connectivity index (χ1) is 18.8. The SMILES string of the molecule is CCN1CCC[C@@H]1CNC(=O)Cn1c(=O)c2ccccc2n(CC(=O)Nc2cc(Cl)c(OC)cc2OC)c1=O. The molecule has 1 atom stereocenters. The van der Waals surface area contributed by atoms with E-state index in [0.717, 1.165) is 30.5 Å². The molecule has 0 bridgehead atoms. The van der Waals surface area contributed by atoms with Crippen LogP contribution in [-0.4, -0.2) is 65.7 Å². The molecule has 1 aliphatic heterocycles. The van der Waals surface area contributed by atoms with E-state index in [1.54, 1.807) is 24.3 Å². The van der Waals surface area contributed by atoms with Gasteiger partial charge in [-0.15, -0.1) is 0 Å². The average Bonchev–Trinajstić information content (AvgIpc) is 3.40. The van der Waals surface area contributed by atoms with Crippen molar-refractivity contribution < 1.29 is 19.1 Å². The Morgan fingerprint density at radius 3 is 2.46 bits per heavy atom. The third kappa shape index (κ3) is 6.10. The Labute approximate surface area is 230 Å². The zero-order valence-corrected chi connectivity index (χ0v) is 22.9. The van der Waals surface area contributed by atoms with E-state index in [1.165, 1.54) is 30.9 Å². The Morgan fingerprint density at radius 1 is 1.03 bits per heavy atom. The Bertz CT molecular complexity index is 1500. The third-order valence-electron chi connectivity index (χ3n) is 6.92. The first-order valence-electron chi connectivity index (χ1n) is 12.7. The van der Waals surface area contributed by atoms with Crippen LogP contribution in [0, 0.1) is 0 Å². The Morgan fingerprint density at radius 2 is 1.74 bits per heavy atom. The number of amides is 2. The number of carbonyl (C=O) groups is 2. The summed E-state index contributed by atoms with van der Waals surface area (Å²) in [4.78, 5) is 54.8. The van der Waals surface area contributed by atoms with Crippen LogP contribution in [0.5, 0.6) is 11.5 Å². The monoisotopic (exact) mass is 557 g/mol.